The number of nitrogens with two attached hydrogens (primary N) is 2. The summed E-state index contributed by atoms with van der Waals surface area (Å²) >= 11 is 0. The van der Waals surface area contributed by atoms with Crippen LogP contribution in [0.3, 0.4) is 0 Å². The Kier molecular flexibility index (Phi) is 12.9. The van der Waals surface area contributed by atoms with E-state index in [2.05, 4.69) is 0 Å². The molecule has 0 spiro atoms. The first kappa shape index (κ1) is 23.2. The first-order valence-corrected chi connectivity index (χ1v) is 6.77. The number of carboxylic acid groups (broad SMARTS) is 2. The normalized spacial score (nSPS) is 13.8. The molecule has 2 unspecified atom stereocenters. The van der Waals surface area contributed by atoms with Crippen molar-refractivity contribution in [2.24, 2.45) is 11.5 Å². The molecule has 6 N–H and O–H groups in total. The van der Waals surface area contributed by atoms with Gasteiger partial charge in [-0.1, -0.05) is 21.6 Å². The number of carboxylic acids is 2. The predicted octanol–water partition coefficient (Wildman–Crippen LogP) is 0.814. The molecule has 10 heteroatoms. The molecule has 2 atom stereocenters. The lowest BCUT2D eigenvalue weighted by Crippen LogP contribution is -2.46. The molecule has 0 saturated heterocycles. The van der Waals surface area contributed by atoms with E-state index in [0.717, 1.165) is 0 Å². The summed E-state index contributed by atoms with van der Waals surface area (Å²) in [5.74, 6) is -1.95. The topological polar surface area (TPSA) is 127 Å². The molecule has 0 aromatic heterocycles. The Morgan fingerprint density at radius 2 is 1.61 bits per heavy atom. The quantitative estimate of drug-likeness (QED) is 0.501. The molecule has 18 heavy (non-hydrogen) atoms. The van der Waals surface area contributed by atoms with Crippen LogP contribution in [0.4, 0.5) is 0 Å². The summed E-state index contributed by atoms with van der Waals surface area (Å²) in [7, 11) is 2.44. The molecule has 0 aliphatic carbocycles. The number of hydrogen-bond donors (Lipinski definition) is 4. The van der Waals surface area contributed by atoms with Gasteiger partial charge < -0.3 is 21.7 Å². The molecule has 0 heterocycles. The highest BCUT2D eigenvalue weighted by Crippen LogP contribution is 2.37. The summed E-state index contributed by atoms with van der Waals surface area (Å²) in [6, 6.07) is -1.96. The Hall–Kier alpha value is 0.140. The molecule has 0 amide bonds. The molecule has 0 fully saturated rings. The molecule has 0 radical (unpaired) electrons. The van der Waals surface area contributed by atoms with Gasteiger partial charge in [0.2, 0.25) is 0 Å². The lowest BCUT2D eigenvalue weighted by Gasteiger charge is -2.27. The maximum Gasteiger partial charge on any atom is 0.321 e. The Morgan fingerprint density at radius 1 is 1.17 bits per heavy atom. The molecule has 0 rings (SSSR count). The monoisotopic (exact) mass is 340 g/mol. The van der Waals surface area contributed by atoms with E-state index in [4.69, 9.17) is 21.7 Å². The second-order valence-corrected chi connectivity index (χ2v) is 6.73. The van der Waals surface area contributed by atoms with E-state index in [1.54, 1.807) is 13.8 Å². The highest BCUT2D eigenvalue weighted by atomic mass is 35.5. The molecule has 6 nitrogen and oxygen atoms in total. The van der Waals surface area contributed by atoms with Crippen LogP contribution in [0.15, 0.2) is 0 Å². The SMILES string of the molecule is CC(C)(SSCC(N)C(=O)O)C(N)C(=O)O.Cl.Cl. The van der Waals surface area contributed by atoms with Crippen molar-refractivity contribution in [3.63, 3.8) is 0 Å². The third-order valence-corrected chi connectivity index (χ3v) is 5.20. The van der Waals surface area contributed by atoms with Crippen molar-refractivity contribution < 1.29 is 19.8 Å². The summed E-state index contributed by atoms with van der Waals surface area (Å²) in [5.41, 5.74) is 10.8. The molecule has 0 saturated carbocycles. The zero-order chi connectivity index (χ0) is 12.9. The van der Waals surface area contributed by atoms with Crippen LogP contribution in [0.5, 0.6) is 0 Å². The van der Waals surface area contributed by atoms with E-state index in [0.29, 0.717) is 0 Å². The summed E-state index contributed by atoms with van der Waals surface area (Å²) in [6.07, 6.45) is 0. The minimum absolute atomic E-state index is 0. The van der Waals surface area contributed by atoms with E-state index in [-0.39, 0.29) is 30.6 Å². The maximum atomic E-state index is 10.7. The van der Waals surface area contributed by atoms with E-state index >= 15 is 0 Å². The van der Waals surface area contributed by atoms with Crippen LogP contribution >= 0.6 is 46.4 Å². The van der Waals surface area contributed by atoms with Crippen LogP contribution in [-0.4, -0.2) is 44.7 Å². The number of hydrogen-bond acceptors (Lipinski definition) is 6. The van der Waals surface area contributed by atoms with Gasteiger partial charge in [-0.15, -0.1) is 24.8 Å². The molecule has 110 valence electrons. The highest BCUT2D eigenvalue weighted by molar-refractivity contribution is 8.77. The standard InChI is InChI=1S/C8H16N2O4S2.2ClH/c1-8(2,5(10)7(13)14)16-15-3-4(9)6(11)12;;/h4-5H,3,9-10H2,1-2H3,(H,11,12)(H,13,14);2*1H. The van der Waals surface area contributed by atoms with Crippen LogP contribution in [0.25, 0.3) is 0 Å². The average Bonchev–Trinajstić information content (AvgIpc) is 2.15. The van der Waals surface area contributed by atoms with Gasteiger partial charge in [0.1, 0.15) is 12.1 Å². The Labute approximate surface area is 126 Å². The molecular weight excluding hydrogens is 323 g/mol. The largest absolute Gasteiger partial charge is 0.480 e. The smallest absolute Gasteiger partial charge is 0.321 e. The van der Waals surface area contributed by atoms with E-state index in [1.165, 1.54) is 21.6 Å². The second-order valence-electron chi connectivity index (χ2n) is 3.73. The minimum Gasteiger partial charge on any atom is -0.480 e. The molecule has 0 aromatic carbocycles. The van der Waals surface area contributed by atoms with Gasteiger partial charge in [-0.05, 0) is 13.8 Å². The first-order chi connectivity index (χ1) is 7.18. The van der Waals surface area contributed by atoms with Gasteiger partial charge in [0.25, 0.3) is 0 Å². The molecule has 0 aliphatic rings. The van der Waals surface area contributed by atoms with Crippen LogP contribution in [-0.2, 0) is 9.59 Å². The van der Waals surface area contributed by atoms with Crippen molar-refractivity contribution >= 4 is 58.3 Å². The zero-order valence-electron chi connectivity index (χ0n) is 9.86. The minimum atomic E-state index is -1.08. The summed E-state index contributed by atoms with van der Waals surface area (Å²) in [6.45, 7) is 3.38. The first-order valence-electron chi connectivity index (χ1n) is 4.46. The molecule has 0 bridgehead atoms. The van der Waals surface area contributed by atoms with Crippen molar-refractivity contribution in [1.82, 2.24) is 0 Å². The number of aliphatic carboxylic acids is 2. The lowest BCUT2D eigenvalue weighted by atomic mass is 10.1. The third kappa shape index (κ3) is 8.28. The lowest BCUT2D eigenvalue weighted by molar-refractivity contribution is -0.139. The van der Waals surface area contributed by atoms with Crippen molar-refractivity contribution in [3.8, 4) is 0 Å². The predicted molar refractivity (Wildman–Crippen MR) is 79.8 cm³/mol. The fourth-order valence-corrected chi connectivity index (χ4v) is 3.41. The van der Waals surface area contributed by atoms with Crippen LogP contribution in [0.2, 0.25) is 0 Å². The van der Waals surface area contributed by atoms with Gasteiger partial charge in [-0.3, -0.25) is 9.59 Å². The van der Waals surface area contributed by atoms with Crippen molar-refractivity contribution in [3.05, 3.63) is 0 Å². The van der Waals surface area contributed by atoms with Gasteiger partial charge >= 0.3 is 11.9 Å². The van der Waals surface area contributed by atoms with Gasteiger partial charge in [0.15, 0.2) is 0 Å². The molecule has 0 aromatic rings. The summed E-state index contributed by atoms with van der Waals surface area (Å²) in [4.78, 5) is 21.1. The van der Waals surface area contributed by atoms with Gasteiger partial charge in [-0.25, -0.2) is 0 Å². The van der Waals surface area contributed by atoms with Crippen LogP contribution in [0.1, 0.15) is 13.8 Å². The zero-order valence-corrected chi connectivity index (χ0v) is 13.1. The van der Waals surface area contributed by atoms with E-state index < -0.39 is 28.8 Å². The summed E-state index contributed by atoms with van der Waals surface area (Å²) < 4.78 is -0.686. The fraction of sp³-hybridized carbons (Fsp3) is 0.750. The van der Waals surface area contributed by atoms with Crippen LogP contribution in [0, 0.1) is 0 Å². The number of rotatable bonds is 7. The van der Waals surface area contributed by atoms with Gasteiger partial charge in [0, 0.05) is 10.5 Å². The average molecular weight is 341 g/mol. The number of carbonyl (C=O) groups is 2. The maximum absolute atomic E-state index is 10.7. The third-order valence-electron chi connectivity index (χ3n) is 1.85. The number of halogens is 2. The highest BCUT2D eigenvalue weighted by Gasteiger charge is 2.33. The van der Waals surface area contributed by atoms with Crippen molar-refractivity contribution in [2.45, 2.75) is 30.7 Å². The second kappa shape index (κ2) is 9.99. The van der Waals surface area contributed by atoms with Crippen molar-refractivity contribution in [2.75, 3.05) is 5.75 Å². The Bertz CT molecular complexity index is 282. The summed E-state index contributed by atoms with van der Waals surface area (Å²) in [5, 5.41) is 17.3. The Morgan fingerprint density at radius 3 is 1.94 bits per heavy atom. The van der Waals surface area contributed by atoms with E-state index in [1.807, 2.05) is 0 Å². The molecule has 0 aliphatic heterocycles. The fourth-order valence-electron chi connectivity index (χ4n) is 0.680. The van der Waals surface area contributed by atoms with Crippen molar-refractivity contribution in [1.29, 1.82) is 0 Å². The molecular formula is C8H18Cl2N2O4S2. The van der Waals surface area contributed by atoms with E-state index in [9.17, 15) is 9.59 Å². The van der Waals surface area contributed by atoms with Gasteiger partial charge in [-0.2, -0.15) is 0 Å². The van der Waals surface area contributed by atoms with Crippen LogP contribution < -0.4 is 11.5 Å². The Balaban J connectivity index is -0.00000112. The van der Waals surface area contributed by atoms with Gasteiger partial charge in [0.05, 0.1) is 0 Å².